The molecule has 0 aliphatic carbocycles. The minimum atomic E-state index is -1.97. The molecule has 3 saturated heterocycles. The second-order valence-electron chi connectivity index (χ2n) is 23.9. The van der Waals surface area contributed by atoms with Crippen LogP contribution in [0, 0.1) is 0 Å². The Morgan fingerprint density at radius 3 is 1.07 bits per heavy atom. The van der Waals surface area contributed by atoms with Crippen molar-refractivity contribution in [3.8, 4) is 0 Å². The van der Waals surface area contributed by atoms with Crippen molar-refractivity contribution in [1.82, 2.24) is 5.32 Å². The number of hydrogen-bond acceptors (Lipinski definition) is 18. The Labute approximate surface area is 487 Å². The SMILES string of the molecule is CCCCCCCCCCCCCCCCCCCCCCCCCCCCCCCCCCC(=O)NC(COC1OC(CO)C(OC2OC(CO)C(OC3OC(CO)C(O)C(O)C3O)C(O)C2O)C(O)C1O)C(O)CCCCCC. The van der Waals surface area contributed by atoms with E-state index in [2.05, 4.69) is 19.2 Å². The molecule has 0 saturated carbocycles. The number of unbranched alkanes of at least 4 members (excludes halogenated alkanes) is 34. The standard InChI is InChI=1S/C62H119NO18/c1-3-5-7-9-10-11-12-13-14-15-16-17-18-19-20-21-22-23-24-25-26-27-28-29-30-31-32-33-34-35-36-38-40-50(68)63-45(46(67)39-37-8-6-4-2)44-76-60-56(74)53(71)58(48(42-65)78-60)81-62-57(75)54(72)59(49(43-66)79-62)80-61-55(73)52(70)51(69)47(41-64)77-61/h45-49,51-62,64-67,69-75H,3-44H2,1-2H3,(H,63,68). The third-order valence-electron chi connectivity index (χ3n) is 16.9. The van der Waals surface area contributed by atoms with E-state index in [-0.39, 0.29) is 18.9 Å². The highest BCUT2D eigenvalue weighted by Crippen LogP contribution is 2.33. The Hall–Kier alpha value is -1.21. The molecule has 3 fully saturated rings. The van der Waals surface area contributed by atoms with Gasteiger partial charge in [0.05, 0.1) is 38.6 Å². The zero-order chi connectivity index (χ0) is 59.0. The molecule has 0 aromatic rings. The molecule has 81 heavy (non-hydrogen) atoms. The number of aliphatic hydroxyl groups excluding tert-OH is 11. The Morgan fingerprint density at radius 1 is 0.395 bits per heavy atom. The molecule has 0 radical (unpaired) electrons. The molecule has 0 bridgehead atoms. The molecular weight excluding hydrogens is 1050 g/mol. The van der Waals surface area contributed by atoms with Gasteiger partial charge >= 0.3 is 0 Å². The lowest BCUT2D eigenvalue weighted by molar-refractivity contribution is -0.379. The number of ether oxygens (including phenoxy) is 6. The zero-order valence-electron chi connectivity index (χ0n) is 50.3. The van der Waals surface area contributed by atoms with Crippen LogP contribution in [0.5, 0.6) is 0 Å². The Morgan fingerprint density at radius 2 is 0.704 bits per heavy atom. The molecule has 0 spiro atoms. The zero-order valence-corrected chi connectivity index (χ0v) is 50.3. The van der Waals surface area contributed by atoms with Gasteiger partial charge in [0.1, 0.15) is 73.2 Å². The highest BCUT2D eigenvalue weighted by Gasteiger charge is 2.53. The average Bonchev–Trinajstić information content (AvgIpc) is 3.51. The summed E-state index contributed by atoms with van der Waals surface area (Å²) in [5.41, 5.74) is 0. The Kier molecular flexibility index (Phi) is 42.1. The van der Waals surface area contributed by atoms with Crippen LogP contribution in [0.4, 0.5) is 0 Å². The topological polar surface area (TPSA) is 307 Å². The summed E-state index contributed by atoms with van der Waals surface area (Å²) >= 11 is 0. The van der Waals surface area contributed by atoms with Crippen molar-refractivity contribution in [2.24, 2.45) is 0 Å². The van der Waals surface area contributed by atoms with Gasteiger partial charge in [0.2, 0.25) is 5.91 Å². The molecular formula is C62H119NO18. The molecule has 3 aliphatic rings. The summed E-state index contributed by atoms with van der Waals surface area (Å²) in [6.45, 7) is 1.67. The summed E-state index contributed by atoms with van der Waals surface area (Å²) in [6, 6.07) is -0.877. The van der Waals surface area contributed by atoms with Crippen LogP contribution in [0.25, 0.3) is 0 Å². The second kappa shape index (κ2) is 46.0. The largest absolute Gasteiger partial charge is 0.394 e. The fourth-order valence-corrected chi connectivity index (χ4v) is 11.6. The van der Waals surface area contributed by atoms with Crippen LogP contribution < -0.4 is 5.32 Å². The van der Waals surface area contributed by atoms with Gasteiger partial charge in [-0.3, -0.25) is 4.79 Å². The lowest BCUT2D eigenvalue weighted by Crippen LogP contribution is -2.66. The van der Waals surface area contributed by atoms with Gasteiger partial charge in [-0.2, -0.15) is 0 Å². The van der Waals surface area contributed by atoms with Crippen molar-refractivity contribution in [3.63, 3.8) is 0 Å². The Balaban J connectivity index is 1.26. The number of carbonyl (C=O) groups is 1. The summed E-state index contributed by atoms with van der Waals surface area (Å²) in [7, 11) is 0. The number of hydrogen-bond donors (Lipinski definition) is 12. The lowest BCUT2D eigenvalue weighted by atomic mass is 9.96. The van der Waals surface area contributed by atoms with Crippen LogP contribution in [-0.2, 0) is 33.2 Å². The van der Waals surface area contributed by atoms with Crippen molar-refractivity contribution >= 4 is 5.91 Å². The third kappa shape index (κ3) is 29.4. The fourth-order valence-electron chi connectivity index (χ4n) is 11.6. The van der Waals surface area contributed by atoms with E-state index in [0.29, 0.717) is 12.8 Å². The normalized spacial score (nSPS) is 29.7. The van der Waals surface area contributed by atoms with Gasteiger partial charge in [-0.1, -0.05) is 239 Å². The maximum atomic E-state index is 13.2. The van der Waals surface area contributed by atoms with Crippen LogP contribution >= 0.6 is 0 Å². The van der Waals surface area contributed by atoms with Crippen molar-refractivity contribution in [1.29, 1.82) is 0 Å². The number of carbonyl (C=O) groups excluding carboxylic acids is 1. The number of amides is 1. The van der Waals surface area contributed by atoms with Crippen LogP contribution in [0.1, 0.15) is 258 Å². The van der Waals surface area contributed by atoms with Crippen molar-refractivity contribution < 1.29 is 89.4 Å². The summed E-state index contributed by atoms with van der Waals surface area (Å²) in [5, 5.41) is 120. The molecule has 0 aromatic carbocycles. The number of nitrogens with one attached hydrogen (secondary N) is 1. The number of aliphatic hydroxyl groups is 11. The predicted molar refractivity (Wildman–Crippen MR) is 310 cm³/mol. The van der Waals surface area contributed by atoms with Crippen LogP contribution in [-0.4, -0.2) is 193 Å². The van der Waals surface area contributed by atoms with E-state index in [9.17, 15) is 61.0 Å². The average molecular weight is 1170 g/mol. The van der Waals surface area contributed by atoms with Gasteiger partial charge in [-0.25, -0.2) is 0 Å². The van der Waals surface area contributed by atoms with E-state index < -0.39 is 124 Å². The molecule has 3 rings (SSSR count). The monoisotopic (exact) mass is 1170 g/mol. The molecule has 12 N–H and O–H groups in total. The first-order valence-corrected chi connectivity index (χ1v) is 32.8. The first-order chi connectivity index (χ1) is 39.3. The van der Waals surface area contributed by atoms with Gasteiger partial charge in [0.25, 0.3) is 0 Å². The molecule has 3 aliphatic heterocycles. The predicted octanol–water partition coefficient (Wildman–Crippen LogP) is 7.16. The molecule has 3 heterocycles. The van der Waals surface area contributed by atoms with Crippen molar-refractivity contribution in [2.45, 2.75) is 362 Å². The third-order valence-corrected chi connectivity index (χ3v) is 16.9. The maximum absolute atomic E-state index is 13.2. The molecule has 19 heteroatoms. The van der Waals surface area contributed by atoms with E-state index in [1.807, 2.05) is 0 Å². The van der Waals surface area contributed by atoms with E-state index in [1.54, 1.807) is 0 Å². The summed E-state index contributed by atoms with van der Waals surface area (Å²) in [5.74, 6) is -0.246. The van der Waals surface area contributed by atoms with E-state index >= 15 is 0 Å². The van der Waals surface area contributed by atoms with Gasteiger partial charge in [-0.05, 0) is 12.8 Å². The minimum Gasteiger partial charge on any atom is -0.394 e. The smallest absolute Gasteiger partial charge is 0.220 e. The summed E-state index contributed by atoms with van der Waals surface area (Å²) < 4.78 is 34.1. The van der Waals surface area contributed by atoms with Gasteiger partial charge in [0.15, 0.2) is 18.9 Å². The first kappa shape index (κ1) is 74.0. The van der Waals surface area contributed by atoms with Crippen molar-refractivity contribution in [2.75, 3.05) is 26.4 Å². The maximum Gasteiger partial charge on any atom is 0.220 e. The highest BCUT2D eigenvalue weighted by atomic mass is 16.8. The quantitative estimate of drug-likeness (QED) is 0.0269. The summed E-state index contributed by atoms with van der Waals surface area (Å²) in [6.07, 6.45) is 20.4. The van der Waals surface area contributed by atoms with E-state index in [1.165, 1.54) is 180 Å². The van der Waals surface area contributed by atoms with Gasteiger partial charge < -0.3 is 89.9 Å². The molecule has 19 nitrogen and oxygen atoms in total. The lowest BCUT2D eigenvalue weighted by Gasteiger charge is -2.48. The van der Waals surface area contributed by atoms with Crippen LogP contribution in [0.2, 0.25) is 0 Å². The minimum absolute atomic E-state index is 0.246. The van der Waals surface area contributed by atoms with E-state index in [0.717, 1.165) is 44.9 Å². The summed E-state index contributed by atoms with van der Waals surface area (Å²) in [4.78, 5) is 13.2. The second-order valence-corrected chi connectivity index (χ2v) is 23.9. The Bertz CT molecular complexity index is 1490. The van der Waals surface area contributed by atoms with Crippen molar-refractivity contribution in [3.05, 3.63) is 0 Å². The molecule has 17 unspecified atom stereocenters. The molecule has 480 valence electrons. The van der Waals surface area contributed by atoms with Crippen LogP contribution in [0.3, 0.4) is 0 Å². The van der Waals surface area contributed by atoms with E-state index in [4.69, 9.17) is 28.4 Å². The number of rotatable bonds is 50. The van der Waals surface area contributed by atoms with Gasteiger partial charge in [0, 0.05) is 6.42 Å². The molecule has 0 aromatic heterocycles. The molecule has 17 atom stereocenters. The fraction of sp³-hybridized carbons (Fsp3) is 0.984. The highest BCUT2D eigenvalue weighted by molar-refractivity contribution is 5.76. The van der Waals surface area contributed by atoms with Gasteiger partial charge in [-0.15, -0.1) is 0 Å². The first-order valence-electron chi connectivity index (χ1n) is 32.8. The molecule has 1 amide bonds. The van der Waals surface area contributed by atoms with Crippen LogP contribution in [0.15, 0.2) is 0 Å².